The maximum absolute atomic E-state index is 12.6. The van der Waals surface area contributed by atoms with Gasteiger partial charge in [0.2, 0.25) is 0 Å². The van der Waals surface area contributed by atoms with E-state index in [2.05, 4.69) is 26.8 Å². The summed E-state index contributed by atoms with van der Waals surface area (Å²) in [7, 11) is 0. The molecule has 1 fully saturated rings. The molecule has 1 aromatic carbocycles. The highest BCUT2D eigenvalue weighted by Crippen LogP contribution is 2.49. The third-order valence-electron chi connectivity index (χ3n) is 6.81. The van der Waals surface area contributed by atoms with Crippen molar-refractivity contribution in [3.05, 3.63) is 50.8 Å². The molecule has 30 heavy (non-hydrogen) atoms. The highest BCUT2D eigenvalue weighted by atomic mass is 16.5. The zero-order valence-corrected chi connectivity index (χ0v) is 17.7. The normalized spacial score (nSPS) is 22.2. The lowest BCUT2D eigenvalue weighted by Gasteiger charge is -2.40. The van der Waals surface area contributed by atoms with Crippen LogP contribution in [0.4, 0.5) is 0 Å². The van der Waals surface area contributed by atoms with Gasteiger partial charge in [-0.1, -0.05) is 20.8 Å². The highest BCUT2D eigenvalue weighted by Gasteiger charge is 2.37. The minimum atomic E-state index is -1.18. The molecule has 1 N–H and O–H groups in total. The molecule has 6 heteroatoms. The zero-order valence-electron chi connectivity index (χ0n) is 17.7. The summed E-state index contributed by atoms with van der Waals surface area (Å²) in [4.78, 5) is 24.3. The molecule has 5 rings (SSSR count). The molecule has 3 aliphatic rings. The summed E-state index contributed by atoms with van der Waals surface area (Å²) >= 11 is 0. The third-order valence-corrected chi connectivity index (χ3v) is 6.81. The van der Waals surface area contributed by atoms with Crippen LogP contribution in [0.15, 0.2) is 23.1 Å². The largest absolute Gasteiger partial charge is 0.493 e. The van der Waals surface area contributed by atoms with Crippen molar-refractivity contribution < 1.29 is 19.4 Å². The van der Waals surface area contributed by atoms with Crippen LogP contribution in [0.2, 0.25) is 0 Å². The Kier molecular flexibility index (Phi) is 4.33. The molecule has 6 nitrogen and oxygen atoms in total. The maximum Gasteiger partial charge on any atom is 0.341 e. The van der Waals surface area contributed by atoms with Gasteiger partial charge >= 0.3 is 5.97 Å². The van der Waals surface area contributed by atoms with E-state index in [9.17, 15) is 14.7 Å². The summed E-state index contributed by atoms with van der Waals surface area (Å²) in [6.45, 7) is 8.59. The van der Waals surface area contributed by atoms with Gasteiger partial charge in [0.05, 0.1) is 18.9 Å². The Balaban J connectivity index is 1.79. The van der Waals surface area contributed by atoms with Gasteiger partial charge in [-0.05, 0) is 29.9 Å². The van der Waals surface area contributed by atoms with Gasteiger partial charge in [0.1, 0.15) is 11.3 Å². The summed E-state index contributed by atoms with van der Waals surface area (Å²) in [5, 5.41) is 9.52. The smallest absolute Gasteiger partial charge is 0.341 e. The third kappa shape index (κ3) is 2.88. The minimum absolute atomic E-state index is 0.0454. The lowest BCUT2D eigenvalue weighted by molar-refractivity contribution is 0.0693. The topological polar surface area (TPSA) is 77.8 Å². The molecule has 2 aromatic rings. The van der Waals surface area contributed by atoms with E-state index in [4.69, 9.17) is 9.47 Å². The van der Waals surface area contributed by atoms with Crippen molar-refractivity contribution in [1.82, 2.24) is 4.57 Å². The number of aromatic carboxylic acids is 1. The van der Waals surface area contributed by atoms with Crippen molar-refractivity contribution in [3.63, 3.8) is 0 Å². The molecule has 0 radical (unpaired) electrons. The quantitative estimate of drug-likeness (QED) is 0.816. The van der Waals surface area contributed by atoms with E-state index in [1.54, 1.807) is 6.20 Å². The zero-order chi connectivity index (χ0) is 21.2. The number of fused-ring (bicyclic) bond motifs is 5. The Hall–Kier alpha value is -2.60. The van der Waals surface area contributed by atoms with Crippen molar-refractivity contribution in [1.29, 1.82) is 0 Å². The predicted molar refractivity (Wildman–Crippen MR) is 113 cm³/mol. The van der Waals surface area contributed by atoms with Crippen LogP contribution in [0.3, 0.4) is 0 Å². The first-order chi connectivity index (χ1) is 14.3. The van der Waals surface area contributed by atoms with Crippen LogP contribution in [0.25, 0.3) is 11.3 Å². The van der Waals surface area contributed by atoms with E-state index in [0.717, 1.165) is 48.4 Å². The van der Waals surface area contributed by atoms with Crippen LogP contribution < -0.4 is 10.2 Å². The van der Waals surface area contributed by atoms with Gasteiger partial charge in [-0.3, -0.25) is 4.79 Å². The van der Waals surface area contributed by atoms with Crippen molar-refractivity contribution >= 4 is 5.97 Å². The summed E-state index contributed by atoms with van der Waals surface area (Å²) in [5.41, 5.74) is 4.77. The van der Waals surface area contributed by atoms with Crippen LogP contribution in [0.5, 0.6) is 5.75 Å². The number of carboxylic acids is 1. The second kappa shape index (κ2) is 6.71. The molecule has 2 unspecified atom stereocenters. The van der Waals surface area contributed by atoms with Crippen molar-refractivity contribution in [2.45, 2.75) is 52.0 Å². The summed E-state index contributed by atoms with van der Waals surface area (Å²) in [6.07, 6.45) is 4.17. The molecule has 0 amide bonds. The van der Waals surface area contributed by atoms with Gasteiger partial charge in [-0.25, -0.2) is 4.79 Å². The molecule has 0 saturated carbocycles. The number of hydrogen-bond acceptors (Lipinski definition) is 4. The van der Waals surface area contributed by atoms with Gasteiger partial charge in [0.25, 0.3) is 0 Å². The Morgan fingerprint density at radius 2 is 2.00 bits per heavy atom. The first kappa shape index (κ1) is 19.4. The van der Waals surface area contributed by atoms with Gasteiger partial charge in [0, 0.05) is 53.9 Å². The number of aromatic nitrogens is 1. The molecule has 158 valence electrons. The maximum atomic E-state index is 12.6. The average Bonchev–Trinajstić information content (AvgIpc) is 3.37. The predicted octanol–water partition coefficient (Wildman–Crippen LogP) is 3.80. The van der Waals surface area contributed by atoms with E-state index >= 15 is 0 Å². The molecule has 0 bridgehead atoms. The van der Waals surface area contributed by atoms with Gasteiger partial charge in [0.15, 0.2) is 5.43 Å². The Bertz CT molecular complexity index is 1100. The van der Waals surface area contributed by atoms with Crippen LogP contribution in [0.1, 0.15) is 66.2 Å². The van der Waals surface area contributed by atoms with E-state index in [1.807, 2.05) is 4.57 Å². The van der Waals surface area contributed by atoms with Crippen LogP contribution >= 0.6 is 0 Å². The van der Waals surface area contributed by atoms with Crippen molar-refractivity contribution in [3.8, 4) is 17.0 Å². The molecular weight excluding hydrogens is 382 g/mol. The lowest BCUT2D eigenvalue weighted by Crippen LogP contribution is -2.33. The SMILES string of the molecule is CC(C)(C)C1Cc2c(cc(C3CCOC3)c3c2CCO3)-c2cc(=O)c(C(=O)O)cn21. The Morgan fingerprint density at radius 1 is 1.20 bits per heavy atom. The lowest BCUT2D eigenvalue weighted by atomic mass is 9.76. The number of ether oxygens (including phenoxy) is 2. The summed E-state index contributed by atoms with van der Waals surface area (Å²) < 4.78 is 13.7. The summed E-state index contributed by atoms with van der Waals surface area (Å²) in [6, 6.07) is 3.73. The first-order valence-corrected chi connectivity index (χ1v) is 10.6. The molecule has 0 spiro atoms. The van der Waals surface area contributed by atoms with Crippen molar-refractivity contribution in [2.24, 2.45) is 5.41 Å². The number of benzene rings is 1. The number of hydrogen-bond donors (Lipinski definition) is 1. The molecule has 2 atom stereocenters. The average molecular weight is 409 g/mol. The first-order valence-electron chi connectivity index (χ1n) is 10.6. The van der Waals surface area contributed by atoms with Crippen LogP contribution in [-0.4, -0.2) is 35.5 Å². The molecule has 4 heterocycles. The van der Waals surface area contributed by atoms with Crippen LogP contribution in [-0.2, 0) is 17.6 Å². The van der Waals surface area contributed by atoms with E-state index in [0.29, 0.717) is 19.1 Å². The van der Waals surface area contributed by atoms with Crippen molar-refractivity contribution in [2.75, 3.05) is 19.8 Å². The second-order valence-electron chi connectivity index (χ2n) is 9.69. The number of rotatable bonds is 2. The standard InChI is InChI=1S/C24H27NO5/c1-24(2,3)21-9-16-14-5-7-30-22(14)15(13-4-6-29-12-13)8-17(16)19-10-20(26)18(23(27)28)11-25(19)21/h8,10-11,13,21H,4-7,9,12H2,1-3H3,(H,27,28). The summed E-state index contributed by atoms with van der Waals surface area (Å²) in [5.74, 6) is 0.121. The van der Waals surface area contributed by atoms with Crippen LogP contribution in [0, 0.1) is 5.41 Å². The fraction of sp³-hybridized carbons (Fsp3) is 0.500. The molecular formula is C24H27NO5. The Morgan fingerprint density at radius 3 is 2.67 bits per heavy atom. The monoisotopic (exact) mass is 409 g/mol. The number of carboxylic acid groups (broad SMARTS) is 1. The molecule has 3 aliphatic heterocycles. The fourth-order valence-electron chi connectivity index (χ4n) is 5.22. The molecule has 0 aliphatic carbocycles. The number of pyridine rings is 1. The van der Waals surface area contributed by atoms with E-state index in [1.165, 1.54) is 17.2 Å². The molecule has 1 aromatic heterocycles. The van der Waals surface area contributed by atoms with Gasteiger partial charge in [-0.15, -0.1) is 0 Å². The minimum Gasteiger partial charge on any atom is -0.493 e. The van der Waals surface area contributed by atoms with Gasteiger partial charge < -0.3 is 19.1 Å². The van der Waals surface area contributed by atoms with Gasteiger partial charge in [-0.2, -0.15) is 0 Å². The number of carbonyl (C=O) groups is 1. The molecule has 1 saturated heterocycles. The van der Waals surface area contributed by atoms with E-state index in [-0.39, 0.29) is 17.0 Å². The Labute approximate surface area is 175 Å². The highest BCUT2D eigenvalue weighted by molar-refractivity contribution is 5.88. The number of nitrogens with zero attached hydrogens (tertiary/aromatic N) is 1. The van der Waals surface area contributed by atoms with E-state index < -0.39 is 11.4 Å². The fourth-order valence-corrected chi connectivity index (χ4v) is 5.22. The second-order valence-corrected chi connectivity index (χ2v) is 9.69.